The van der Waals surface area contributed by atoms with Crippen molar-refractivity contribution >= 4 is 83.1 Å². The van der Waals surface area contributed by atoms with Crippen LogP contribution in [0.15, 0.2) is 179 Å². The number of benzene rings is 8. The van der Waals surface area contributed by atoms with Crippen LogP contribution in [0.1, 0.15) is 83.2 Å². The van der Waals surface area contributed by atoms with E-state index in [9.17, 15) is 0 Å². The molecule has 8 aromatic carbocycles. The fraction of sp³-hybridized carbons (Fsp3) is 0.183. The molecule has 4 heterocycles. The van der Waals surface area contributed by atoms with Gasteiger partial charge in [0.25, 0.3) is 0 Å². The van der Waals surface area contributed by atoms with Gasteiger partial charge in [-0.05, 0) is 228 Å². The Labute approximate surface area is 524 Å². The fourth-order valence-corrected chi connectivity index (χ4v) is 10.6. The van der Waals surface area contributed by atoms with Crippen molar-refractivity contribution in [1.29, 1.82) is 0 Å². The number of hydrogen-bond donors (Lipinski definition) is 8. The predicted molar refractivity (Wildman–Crippen MR) is 365 cm³/mol. The summed E-state index contributed by atoms with van der Waals surface area (Å²) in [6.07, 6.45) is 0. The average Bonchev–Trinajstić information content (AvgIpc) is 2.20. The van der Waals surface area contributed by atoms with Gasteiger partial charge in [-0.1, -0.05) is 25.3 Å². The van der Waals surface area contributed by atoms with E-state index < -0.39 is 5.82 Å². The van der Waals surface area contributed by atoms with E-state index in [0.717, 1.165) is 123 Å². The maximum atomic E-state index is 15.3. The lowest BCUT2D eigenvalue weighted by molar-refractivity contribution is 0.474. The number of nitrogens with zero attached hydrogens (tertiary/aromatic N) is 6. The van der Waals surface area contributed by atoms with Gasteiger partial charge in [-0.15, -0.1) is 0 Å². The smallest absolute Gasteiger partial charge is 0.141 e. The van der Waals surface area contributed by atoms with Gasteiger partial charge in [0.2, 0.25) is 0 Å². The number of fused-ring (bicyclic) bond motifs is 4. The van der Waals surface area contributed by atoms with Crippen molar-refractivity contribution in [2.45, 2.75) is 86.5 Å². The quantitative estimate of drug-likeness (QED) is 0.0299. The number of aromatic amines is 4. The Morgan fingerprint density at radius 1 is 0.472 bits per heavy atom. The van der Waals surface area contributed by atoms with Crippen molar-refractivity contribution in [3.8, 4) is 68.5 Å². The molecule has 0 atom stereocenters. The number of halogens is 2. The highest BCUT2D eigenvalue weighted by atomic mass is 79.9. The molecule has 12 rings (SSSR count). The second-order valence-corrected chi connectivity index (χ2v) is 23.9. The molecule has 0 spiro atoms. The van der Waals surface area contributed by atoms with Gasteiger partial charge in [-0.3, -0.25) is 9.98 Å². The molecule has 0 bridgehead atoms. The van der Waals surface area contributed by atoms with Gasteiger partial charge in [0.15, 0.2) is 0 Å². The lowest BCUT2D eigenvalue weighted by Gasteiger charge is -2.12. The van der Waals surface area contributed by atoms with Gasteiger partial charge >= 0.3 is 0 Å². The number of rotatable bonds is 18. The maximum Gasteiger partial charge on any atom is 0.141 e. The average molecular weight is 1250 g/mol. The number of aryl methyl sites for hydroxylation is 1. The first kappa shape index (κ1) is 60.4. The molecule has 0 saturated heterocycles. The Morgan fingerprint density at radius 2 is 0.865 bits per heavy atom. The van der Waals surface area contributed by atoms with Crippen LogP contribution in [0.3, 0.4) is 0 Å². The number of ether oxygens (including phenoxy) is 2. The van der Waals surface area contributed by atoms with E-state index in [1.54, 1.807) is 12.1 Å². The fourth-order valence-electron chi connectivity index (χ4n) is 10.2. The van der Waals surface area contributed by atoms with Crippen molar-refractivity contribution in [3.63, 3.8) is 0 Å². The second kappa shape index (κ2) is 25.6. The molecule has 10 N–H and O–H groups in total. The molecule has 0 fully saturated rings. The summed E-state index contributed by atoms with van der Waals surface area (Å²) < 4.78 is 28.3. The van der Waals surface area contributed by atoms with Crippen LogP contribution in [0.25, 0.3) is 101 Å². The highest BCUT2D eigenvalue weighted by molar-refractivity contribution is 9.10. The van der Waals surface area contributed by atoms with E-state index in [2.05, 4.69) is 114 Å². The Bertz CT molecular complexity index is 4700. The summed E-state index contributed by atoms with van der Waals surface area (Å²) in [5.74, 6) is 5.71. The first-order valence-corrected chi connectivity index (χ1v) is 30.2. The van der Waals surface area contributed by atoms with Gasteiger partial charge in [-0.2, -0.15) is 0 Å². The van der Waals surface area contributed by atoms with E-state index in [4.69, 9.17) is 35.9 Å². The monoisotopic (exact) mass is 1250 g/mol. The van der Waals surface area contributed by atoms with E-state index in [0.29, 0.717) is 50.9 Å². The number of nitrogens with two attached hydrogens (primary N) is 2. The zero-order valence-electron chi connectivity index (χ0n) is 51.1. The predicted octanol–water partition coefficient (Wildman–Crippen LogP) is 16.5. The Hall–Kier alpha value is -10.3. The molecular weight excluding hydrogens is 1180 g/mol. The van der Waals surface area contributed by atoms with Crippen LogP contribution < -0.4 is 31.6 Å². The normalized spacial score (nSPS) is 12.0. The van der Waals surface area contributed by atoms with Gasteiger partial charge in [0.05, 0.1) is 54.2 Å². The SMILES string of the molecule is C=C(NC(C)C)c1ccc2nc(-c3ccc(Oc4ccc(-c5nc6ccc(C(N)=NC(C)C)cc6[nH]5)cc4Br)cc3F)[nH]c2c1.C=C(NC(C)C)c1ccc2nc(-c3ccc(Oc4ccc(-c5nc6ccc(C(N)=NC(C)C)cc6[nH]5)cc4C)cc3)[nH]c2c1. The summed E-state index contributed by atoms with van der Waals surface area (Å²) in [7, 11) is 0. The summed E-state index contributed by atoms with van der Waals surface area (Å²) in [5, 5.41) is 6.67. The zero-order valence-corrected chi connectivity index (χ0v) is 52.7. The molecule has 450 valence electrons. The Kier molecular flexibility index (Phi) is 17.3. The summed E-state index contributed by atoms with van der Waals surface area (Å²) in [6, 6.07) is 48.8. The molecule has 12 aromatic rings. The minimum atomic E-state index is -0.453. The van der Waals surface area contributed by atoms with Crippen molar-refractivity contribution in [3.05, 3.63) is 203 Å². The molecule has 0 saturated carbocycles. The van der Waals surface area contributed by atoms with Crippen LogP contribution in [0.2, 0.25) is 0 Å². The number of amidine groups is 2. The lowest BCUT2D eigenvalue weighted by Crippen LogP contribution is -2.20. The molecule has 0 amide bonds. The first-order chi connectivity index (χ1) is 42.7. The molecule has 0 aliphatic carbocycles. The van der Waals surface area contributed by atoms with Gasteiger partial charge < -0.3 is 51.5 Å². The lowest BCUT2D eigenvalue weighted by atomic mass is 10.1. The van der Waals surface area contributed by atoms with Crippen molar-refractivity contribution in [2.75, 3.05) is 0 Å². The summed E-state index contributed by atoms with van der Waals surface area (Å²) >= 11 is 3.60. The number of aliphatic imine (C=N–C) groups is 2. The van der Waals surface area contributed by atoms with Crippen LogP contribution in [-0.4, -0.2) is 75.7 Å². The van der Waals surface area contributed by atoms with Crippen LogP contribution in [-0.2, 0) is 0 Å². The minimum absolute atomic E-state index is 0.106. The van der Waals surface area contributed by atoms with Crippen LogP contribution in [0.5, 0.6) is 23.0 Å². The second-order valence-electron chi connectivity index (χ2n) is 23.0. The molecule has 4 aromatic heterocycles. The van der Waals surface area contributed by atoms with Crippen LogP contribution in [0, 0.1) is 12.7 Å². The molecule has 0 unspecified atom stereocenters. The standard InChI is InChI=1S/C36H37N7O.C35H33BrFN7O/c1-20(2)38-23(6)25-9-14-29-31(18-25)42-35(40-29)24-7-12-28(13-8-24)44-33-16-11-27(17-22(33)5)36-41-30-15-10-26(19-32(30)43-36)34(37)39-21(3)4;1-18(2)39-20(5)21-6-11-29-30(15-21)44-35(42-29)25-10-9-24(17-27(25)37)45-32-13-8-23(14-26(32)36)34-41-28-12-7-22(16-31(28)43-34)33(38)40-19(3)4/h7-21,38H,6H2,1-5H3,(H2,37,39)(H,40,42)(H,41,43);6-19,39H,5H2,1-4H3,(H2,38,40)(H,41,43)(H,42,44). The number of imidazole rings is 4. The largest absolute Gasteiger partial charge is 0.457 e. The van der Waals surface area contributed by atoms with E-state index >= 15 is 4.39 Å². The molecule has 0 aliphatic rings. The molecule has 16 nitrogen and oxygen atoms in total. The maximum absolute atomic E-state index is 15.3. The number of nitrogens with one attached hydrogen (secondary N) is 6. The van der Waals surface area contributed by atoms with Gasteiger partial charge in [0.1, 0.15) is 63.8 Å². The summed E-state index contributed by atoms with van der Waals surface area (Å²) in [5.41, 5.74) is 28.8. The third-order valence-electron chi connectivity index (χ3n) is 14.4. The molecular formula is C71H70BrFN14O2. The highest BCUT2D eigenvalue weighted by Gasteiger charge is 2.17. The zero-order chi connectivity index (χ0) is 62.8. The molecule has 0 aliphatic heterocycles. The van der Waals surface area contributed by atoms with Crippen LogP contribution >= 0.6 is 15.9 Å². The molecule has 18 heteroatoms. The van der Waals surface area contributed by atoms with Crippen LogP contribution in [0.4, 0.5) is 4.39 Å². The Balaban J connectivity index is 0.000000184. The van der Waals surface area contributed by atoms with Gasteiger partial charge in [0, 0.05) is 69.4 Å². The van der Waals surface area contributed by atoms with E-state index in [1.807, 2.05) is 156 Å². The van der Waals surface area contributed by atoms with Crippen molar-refractivity contribution in [1.82, 2.24) is 50.5 Å². The number of hydrogen-bond acceptors (Lipinski definition) is 10. The summed E-state index contributed by atoms with van der Waals surface area (Å²) in [6.45, 7) is 26.6. The van der Waals surface area contributed by atoms with Crippen molar-refractivity contribution < 1.29 is 13.9 Å². The molecule has 89 heavy (non-hydrogen) atoms. The minimum Gasteiger partial charge on any atom is -0.457 e. The van der Waals surface area contributed by atoms with Crippen molar-refractivity contribution in [2.24, 2.45) is 21.5 Å². The first-order valence-electron chi connectivity index (χ1n) is 29.4. The Morgan fingerprint density at radius 3 is 1.31 bits per heavy atom. The van der Waals surface area contributed by atoms with Gasteiger partial charge in [-0.25, -0.2) is 24.3 Å². The molecule has 0 radical (unpaired) electrons. The number of H-pyrrole nitrogens is 4. The third kappa shape index (κ3) is 13.9. The van der Waals surface area contributed by atoms with E-state index in [1.165, 1.54) is 6.07 Å². The third-order valence-corrected chi connectivity index (χ3v) is 15.0. The topological polar surface area (TPSA) is 234 Å². The van der Waals surface area contributed by atoms with E-state index in [-0.39, 0.29) is 18.1 Å². The number of aromatic nitrogens is 8. The highest BCUT2D eigenvalue weighted by Crippen LogP contribution is 2.37. The summed E-state index contributed by atoms with van der Waals surface area (Å²) in [4.78, 5) is 41.2.